The summed E-state index contributed by atoms with van der Waals surface area (Å²) in [6.07, 6.45) is 6.89. The molecule has 0 atom stereocenters. The van der Waals surface area contributed by atoms with Gasteiger partial charge in [0.2, 0.25) is 5.54 Å². The van der Waals surface area contributed by atoms with E-state index in [1.54, 1.807) is 13.8 Å². The smallest absolute Gasteiger partial charge is 0.337 e. The Bertz CT molecular complexity index is 687. The van der Waals surface area contributed by atoms with Crippen molar-refractivity contribution >= 4 is 20.0 Å². The maximum atomic E-state index is 12.3. The van der Waals surface area contributed by atoms with E-state index in [-0.39, 0.29) is 19.6 Å². The number of nitrogens with two attached hydrogens (primary N) is 1. The molecular formula is C26H45NO5Si. The molecule has 2 N–H and O–H groups in total. The van der Waals surface area contributed by atoms with Crippen LogP contribution in [0.15, 0.2) is 24.3 Å². The van der Waals surface area contributed by atoms with Crippen molar-refractivity contribution in [3.8, 4) is 5.75 Å². The zero-order chi connectivity index (χ0) is 24.7. The molecule has 33 heavy (non-hydrogen) atoms. The van der Waals surface area contributed by atoms with Gasteiger partial charge in [0.15, 0.2) is 0 Å². The number of carbonyl (C=O) groups is 2. The molecule has 1 aromatic rings. The second-order valence-electron chi connectivity index (χ2n) is 9.48. The summed E-state index contributed by atoms with van der Waals surface area (Å²) in [6, 6.07) is 10.5. The molecule has 0 amide bonds. The number of hydrogen-bond acceptors (Lipinski definition) is 6. The fourth-order valence-corrected chi connectivity index (χ4v) is 6.44. The molecular weight excluding hydrogens is 434 g/mol. The first-order chi connectivity index (χ1) is 15.7. The van der Waals surface area contributed by atoms with Gasteiger partial charge in [-0.1, -0.05) is 69.9 Å². The number of hydrogen-bond donors (Lipinski definition) is 1. The molecule has 188 valence electrons. The van der Waals surface area contributed by atoms with Crippen LogP contribution < -0.4 is 10.5 Å². The number of ether oxygens (including phenoxy) is 3. The van der Waals surface area contributed by atoms with Crippen LogP contribution in [-0.4, -0.2) is 45.4 Å². The van der Waals surface area contributed by atoms with Gasteiger partial charge in [-0.25, -0.2) is 9.59 Å². The van der Waals surface area contributed by atoms with Gasteiger partial charge in [0.25, 0.3) is 0 Å². The van der Waals surface area contributed by atoms with E-state index >= 15 is 0 Å². The number of benzene rings is 1. The standard InChI is InChI=1S/C26H45NO5Si/c1-6-9-11-20-33(4,5)21-12-10-19-32-23-15-13-22(14-16-23)17-18-26(27,24(28)30-7-2)25(29)31-8-3/h13-16H,6-12,17-21,27H2,1-5H3. The highest BCUT2D eigenvalue weighted by molar-refractivity contribution is 6.77. The third-order valence-electron chi connectivity index (χ3n) is 5.98. The summed E-state index contributed by atoms with van der Waals surface area (Å²) in [6.45, 7) is 11.7. The van der Waals surface area contributed by atoms with E-state index in [4.69, 9.17) is 19.9 Å². The van der Waals surface area contributed by atoms with Crippen molar-refractivity contribution in [1.29, 1.82) is 0 Å². The Morgan fingerprint density at radius 2 is 1.42 bits per heavy atom. The molecule has 0 saturated carbocycles. The van der Waals surface area contributed by atoms with Crippen LogP contribution in [0.2, 0.25) is 25.2 Å². The van der Waals surface area contributed by atoms with Crippen molar-refractivity contribution in [2.45, 2.75) is 96.4 Å². The first-order valence-corrected chi connectivity index (χ1v) is 15.9. The fourth-order valence-electron chi connectivity index (χ4n) is 3.78. The predicted octanol–water partition coefficient (Wildman–Crippen LogP) is 5.50. The summed E-state index contributed by atoms with van der Waals surface area (Å²) in [5.41, 5.74) is 5.29. The minimum absolute atomic E-state index is 0.114. The molecule has 0 unspecified atom stereocenters. The van der Waals surface area contributed by atoms with Crippen LogP contribution in [0, 0.1) is 0 Å². The van der Waals surface area contributed by atoms with E-state index in [1.807, 2.05) is 24.3 Å². The van der Waals surface area contributed by atoms with Crippen LogP contribution in [0.1, 0.15) is 64.9 Å². The zero-order valence-electron chi connectivity index (χ0n) is 21.4. The van der Waals surface area contributed by atoms with Crippen LogP contribution in [-0.2, 0) is 25.5 Å². The molecule has 1 rings (SSSR count). The highest BCUT2D eigenvalue weighted by atomic mass is 28.3. The van der Waals surface area contributed by atoms with Crippen LogP contribution in [0.5, 0.6) is 5.75 Å². The lowest BCUT2D eigenvalue weighted by atomic mass is 9.92. The Balaban J connectivity index is 2.47. The Morgan fingerprint density at radius 3 is 1.94 bits per heavy atom. The van der Waals surface area contributed by atoms with E-state index < -0.39 is 25.6 Å². The van der Waals surface area contributed by atoms with Gasteiger partial charge >= 0.3 is 11.9 Å². The lowest BCUT2D eigenvalue weighted by Gasteiger charge is -2.24. The van der Waals surface area contributed by atoms with Crippen LogP contribution >= 0.6 is 0 Å². The van der Waals surface area contributed by atoms with Gasteiger partial charge in [-0.3, -0.25) is 0 Å². The Labute approximate surface area is 201 Å². The molecule has 0 fully saturated rings. The summed E-state index contributed by atoms with van der Waals surface area (Å²) in [7, 11) is -1.06. The molecule has 0 spiro atoms. The van der Waals surface area contributed by atoms with Crippen molar-refractivity contribution in [2.24, 2.45) is 5.73 Å². The minimum atomic E-state index is -1.80. The largest absolute Gasteiger partial charge is 0.494 e. The van der Waals surface area contributed by atoms with E-state index in [0.717, 1.165) is 24.3 Å². The van der Waals surface area contributed by atoms with Crippen molar-refractivity contribution in [3.05, 3.63) is 29.8 Å². The average molecular weight is 480 g/mol. The molecule has 0 heterocycles. The SMILES string of the molecule is CCCCC[Si](C)(C)CCCCOc1ccc(CCC(N)(C(=O)OCC)C(=O)OCC)cc1. The van der Waals surface area contributed by atoms with Gasteiger partial charge in [-0.05, 0) is 50.8 Å². The van der Waals surface area contributed by atoms with Crippen LogP contribution in [0.25, 0.3) is 0 Å². The third kappa shape index (κ3) is 10.7. The van der Waals surface area contributed by atoms with Crippen molar-refractivity contribution < 1.29 is 23.8 Å². The monoisotopic (exact) mass is 479 g/mol. The van der Waals surface area contributed by atoms with Crippen LogP contribution in [0.4, 0.5) is 0 Å². The van der Waals surface area contributed by atoms with Gasteiger partial charge < -0.3 is 19.9 Å². The molecule has 0 aromatic heterocycles. The average Bonchev–Trinajstić information content (AvgIpc) is 2.78. The molecule has 0 saturated heterocycles. The Hall–Kier alpha value is -1.86. The normalized spacial score (nSPS) is 11.8. The summed E-state index contributed by atoms with van der Waals surface area (Å²) >= 11 is 0. The van der Waals surface area contributed by atoms with Gasteiger partial charge in [-0.2, -0.15) is 0 Å². The first kappa shape index (κ1) is 29.2. The molecule has 6 nitrogen and oxygen atoms in total. The highest BCUT2D eigenvalue weighted by Crippen LogP contribution is 2.23. The second kappa shape index (κ2) is 15.1. The molecule has 7 heteroatoms. The van der Waals surface area contributed by atoms with Crippen molar-refractivity contribution in [3.63, 3.8) is 0 Å². The molecule has 0 bridgehead atoms. The fraction of sp³-hybridized carbons (Fsp3) is 0.692. The molecule has 0 aliphatic carbocycles. The van der Waals surface area contributed by atoms with E-state index in [1.165, 1.54) is 37.8 Å². The number of esters is 2. The predicted molar refractivity (Wildman–Crippen MR) is 136 cm³/mol. The maximum absolute atomic E-state index is 12.3. The molecule has 0 aliphatic heterocycles. The van der Waals surface area contributed by atoms with Gasteiger partial charge in [0.1, 0.15) is 5.75 Å². The maximum Gasteiger partial charge on any atom is 0.337 e. The first-order valence-electron chi connectivity index (χ1n) is 12.5. The van der Waals surface area contributed by atoms with E-state index in [9.17, 15) is 9.59 Å². The Morgan fingerprint density at radius 1 is 0.879 bits per heavy atom. The summed E-state index contributed by atoms with van der Waals surface area (Å²) in [4.78, 5) is 24.6. The molecule has 0 aliphatic rings. The summed E-state index contributed by atoms with van der Waals surface area (Å²) in [5.74, 6) is -0.673. The van der Waals surface area contributed by atoms with Crippen molar-refractivity contribution in [2.75, 3.05) is 19.8 Å². The van der Waals surface area contributed by atoms with Gasteiger partial charge in [0.05, 0.1) is 19.8 Å². The summed E-state index contributed by atoms with van der Waals surface area (Å²) in [5, 5.41) is 0. The quantitative estimate of drug-likeness (QED) is 0.137. The lowest BCUT2D eigenvalue weighted by molar-refractivity contribution is -0.164. The van der Waals surface area contributed by atoms with Gasteiger partial charge in [0, 0.05) is 8.07 Å². The third-order valence-corrected chi connectivity index (χ3v) is 9.40. The summed E-state index contributed by atoms with van der Waals surface area (Å²) < 4.78 is 15.9. The second-order valence-corrected chi connectivity index (χ2v) is 14.8. The highest BCUT2D eigenvalue weighted by Gasteiger charge is 2.44. The van der Waals surface area contributed by atoms with Gasteiger partial charge in [-0.15, -0.1) is 0 Å². The molecule has 0 radical (unpaired) electrons. The number of rotatable bonds is 17. The Kier molecular flexibility index (Phi) is 13.4. The minimum Gasteiger partial charge on any atom is -0.494 e. The van der Waals surface area contributed by atoms with Crippen LogP contribution in [0.3, 0.4) is 0 Å². The number of aryl methyl sites for hydroxylation is 1. The molecule has 1 aromatic carbocycles. The number of unbranched alkanes of at least 4 members (excludes halogenated alkanes) is 3. The zero-order valence-corrected chi connectivity index (χ0v) is 22.4. The van der Waals surface area contributed by atoms with E-state index in [0.29, 0.717) is 6.42 Å². The van der Waals surface area contributed by atoms with E-state index in [2.05, 4.69) is 20.0 Å². The number of carbonyl (C=O) groups excluding carboxylic acids is 2. The topological polar surface area (TPSA) is 87.9 Å². The lowest BCUT2D eigenvalue weighted by Crippen LogP contribution is -2.57. The van der Waals surface area contributed by atoms with Crippen molar-refractivity contribution in [1.82, 2.24) is 0 Å².